The summed E-state index contributed by atoms with van der Waals surface area (Å²) in [4.78, 5) is 0. The molecule has 1 heterocycles. The third-order valence-corrected chi connectivity index (χ3v) is 5.20. The molecule has 0 aliphatic carbocycles. The number of hydrogen-bond donors (Lipinski definition) is 1. The maximum Gasteiger partial charge on any atom is 0.214 e. The van der Waals surface area contributed by atoms with Crippen molar-refractivity contribution in [3.63, 3.8) is 0 Å². The van der Waals surface area contributed by atoms with E-state index in [0.29, 0.717) is 25.7 Å². The van der Waals surface area contributed by atoms with Crippen LogP contribution in [0.4, 0.5) is 0 Å². The van der Waals surface area contributed by atoms with Crippen molar-refractivity contribution >= 4 is 10.0 Å². The van der Waals surface area contributed by atoms with Gasteiger partial charge in [0.25, 0.3) is 0 Å². The highest BCUT2D eigenvalue weighted by Crippen LogP contribution is 2.11. The summed E-state index contributed by atoms with van der Waals surface area (Å²) in [7, 11) is -1.53. The zero-order valence-electron chi connectivity index (χ0n) is 11.5. The summed E-state index contributed by atoms with van der Waals surface area (Å²) in [6, 6.07) is 0.304. The molecule has 0 bridgehead atoms. The molecule has 1 saturated heterocycles. The zero-order valence-corrected chi connectivity index (χ0v) is 12.3. The van der Waals surface area contributed by atoms with Crippen LogP contribution in [0.5, 0.6) is 0 Å². The first-order valence-electron chi connectivity index (χ1n) is 6.80. The molecule has 0 amide bonds. The third kappa shape index (κ3) is 5.22. The fourth-order valence-corrected chi connectivity index (χ4v) is 3.82. The summed E-state index contributed by atoms with van der Waals surface area (Å²) in [5.41, 5.74) is 0. The predicted molar refractivity (Wildman–Crippen MR) is 73.2 cm³/mol. The maximum atomic E-state index is 12.2. The highest BCUT2D eigenvalue weighted by molar-refractivity contribution is 7.89. The van der Waals surface area contributed by atoms with Gasteiger partial charge < -0.3 is 10.1 Å². The van der Waals surface area contributed by atoms with Crippen molar-refractivity contribution in [3.05, 3.63) is 0 Å². The minimum absolute atomic E-state index is 0.250. The van der Waals surface area contributed by atoms with Crippen molar-refractivity contribution in [2.45, 2.75) is 38.6 Å². The molecule has 0 radical (unpaired) electrons. The minimum atomic E-state index is -3.13. The second-order valence-corrected chi connectivity index (χ2v) is 6.90. The molecule has 0 aromatic heterocycles. The molecule has 0 saturated carbocycles. The Labute approximate surface area is 111 Å². The first-order chi connectivity index (χ1) is 8.60. The van der Waals surface area contributed by atoms with Crippen molar-refractivity contribution < 1.29 is 13.2 Å². The molecule has 1 unspecified atom stereocenters. The summed E-state index contributed by atoms with van der Waals surface area (Å²) >= 11 is 0. The number of hydrogen-bond acceptors (Lipinski definition) is 4. The second-order valence-electron chi connectivity index (χ2n) is 4.81. The highest BCUT2D eigenvalue weighted by atomic mass is 32.2. The van der Waals surface area contributed by atoms with E-state index in [1.807, 2.05) is 6.92 Å². The lowest BCUT2D eigenvalue weighted by atomic mass is 10.2. The quantitative estimate of drug-likeness (QED) is 0.678. The molecule has 0 aromatic rings. The zero-order chi connectivity index (χ0) is 13.4. The Kier molecular flexibility index (Phi) is 7.14. The maximum absolute atomic E-state index is 12.2. The molecule has 18 heavy (non-hydrogen) atoms. The number of rotatable bonds is 9. The standard InChI is InChI=1S/C12H26N2O3S/c1-3-4-10-18(15,16)14(8-9-17-2)11-12-6-5-7-13-12/h12-13H,3-11H2,1-2H3. The summed E-state index contributed by atoms with van der Waals surface area (Å²) in [6.07, 6.45) is 3.83. The van der Waals surface area contributed by atoms with Crippen LogP contribution in [0, 0.1) is 0 Å². The van der Waals surface area contributed by atoms with Crippen LogP contribution in [0.1, 0.15) is 32.6 Å². The SMILES string of the molecule is CCCCS(=O)(=O)N(CCOC)CC1CCCN1. The van der Waals surface area contributed by atoms with E-state index in [1.165, 1.54) is 0 Å². The normalized spacial score (nSPS) is 20.7. The van der Waals surface area contributed by atoms with Gasteiger partial charge in [0.15, 0.2) is 0 Å². The molecule has 108 valence electrons. The predicted octanol–water partition coefficient (Wildman–Crippen LogP) is 0.817. The lowest BCUT2D eigenvalue weighted by molar-refractivity contribution is 0.176. The number of nitrogens with one attached hydrogen (secondary N) is 1. The number of unbranched alkanes of at least 4 members (excludes halogenated alkanes) is 1. The molecule has 5 nitrogen and oxygen atoms in total. The molecule has 1 N–H and O–H groups in total. The lowest BCUT2D eigenvalue weighted by Crippen LogP contribution is -2.43. The Morgan fingerprint density at radius 1 is 1.44 bits per heavy atom. The van der Waals surface area contributed by atoms with Gasteiger partial charge in [0.05, 0.1) is 12.4 Å². The van der Waals surface area contributed by atoms with Crippen LogP contribution in [-0.4, -0.2) is 57.9 Å². The number of sulfonamides is 1. The smallest absolute Gasteiger partial charge is 0.214 e. The first kappa shape index (κ1) is 15.9. The van der Waals surface area contributed by atoms with Crippen LogP contribution >= 0.6 is 0 Å². The Morgan fingerprint density at radius 2 is 2.22 bits per heavy atom. The summed E-state index contributed by atoms with van der Waals surface area (Å²) < 4.78 is 31.1. The van der Waals surface area contributed by atoms with E-state index in [9.17, 15) is 8.42 Å². The molecule has 0 aromatic carbocycles. The van der Waals surface area contributed by atoms with Crippen LogP contribution in [-0.2, 0) is 14.8 Å². The monoisotopic (exact) mass is 278 g/mol. The average Bonchev–Trinajstić information content (AvgIpc) is 2.84. The van der Waals surface area contributed by atoms with Gasteiger partial charge in [-0.25, -0.2) is 8.42 Å². The van der Waals surface area contributed by atoms with Crippen LogP contribution in [0.3, 0.4) is 0 Å². The van der Waals surface area contributed by atoms with Gasteiger partial charge in [0.1, 0.15) is 0 Å². The number of methoxy groups -OCH3 is 1. The Bertz CT molecular complexity index is 313. The molecule has 1 fully saturated rings. The summed E-state index contributed by atoms with van der Waals surface area (Å²) in [5.74, 6) is 0.250. The van der Waals surface area contributed by atoms with Gasteiger partial charge in [-0.3, -0.25) is 0 Å². The summed E-state index contributed by atoms with van der Waals surface area (Å²) in [5, 5.41) is 3.34. The minimum Gasteiger partial charge on any atom is -0.383 e. The molecule has 1 aliphatic heterocycles. The van der Waals surface area contributed by atoms with Crippen LogP contribution < -0.4 is 5.32 Å². The molecule has 1 aliphatic rings. The average molecular weight is 278 g/mol. The third-order valence-electron chi connectivity index (χ3n) is 3.28. The van der Waals surface area contributed by atoms with Crippen LogP contribution in [0.25, 0.3) is 0 Å². The van der Waals surface area contributed by atoms with Crippen molar-refractivity contribution in [3.8, 4) is 0 Å². The Hall–Kier alpha value is -0.170. The van der Waals surface area contributed by atoms with Gasteiger partial charge in [0.2, 0.25) is 10.0 Å². The van der Waals surface area contributed by atoms with E-state index in [-0.39, 0.29) is 5.75 Å². The van der Waals surface area contributed by atoms with Crippen LogP contribution in [0.2, 0.25) is 0 Å². The van der Waals surface area contributed by atoms with E-state index in [4.69, 9.17) is 4.74 Å². The van der Waals surface area contributed by atoms with Crippen molar-refractivity contribution in [2.75, 3.05) is 39.1 Å². The molecular weight excluding hydrogens is 252 g/mol. The van der Waals surface area contributed by atoms with Gasteiger partial charge in [-0.2, -0.15) is 4.31 Å². The molecule has 0 spiro atoms. The Morgan fingerprint density at radius 3 is 2.78 bits per heavy atom. The van der Waals surface area contributed by atoms with E-state index >= 15 is 0 Å². The molecule has 1 rings (SSSR count). The van der Waals surface area contributed by atoms with Crippen LogP contribution in [0.15, 0.2) is 0 Å². The molecule has 1 atom stereocenters. The van der Waals surface area contributed by atoms with E-state index in [0.717, 1.165) is 32.2 Å². The van der Waals surface area contributed by atoms with Gasteiger partial charge >= 0.3 is 0 Å². The van der Waals surface area contributed by atoms with E-state index in [1.54, 1.807) is 11.4 Å². The van der Waals surface area contributed by atoms with Gasteiger partial charge in [-0.15, -0.1) is 0 Å². The van der Waals surface area contributed by atoms with Gasteiger partial charge in [-0.1, -0.05) is 13.3 Å². The van der Waals surface area contributed by atoms with E-state index in [2.05, 4.69) is 5.32 Å². The van der Waals surface area contributed by atoms with Crippen molar-refractivity contribution in [1.29, 1.82) is 0 Å². The van der Waals surface area contributed by atoms with Crippen molar-refractivity contribution in [1.82, 2.24) is 9.62 Å². The summed E-state index contributed by atoms with van der Waals surface area (Å²) in [6.45, 7) is 4.50. The fourth-order valence-electron chi connectivity index (χ4n) is 2.15. The molecule has 6 heteroatoms. The number of nitrogens with zero attached hydrogens (tertiary/aromatic N) is 1. The highest BCUT2D eigenvalue weighted by Gasteiger charge is 2.25. The molecular formula is C12H26N2O3S. The van der Waals surface area contributed by atoms with Crippen molar-refractivity contribution in [2.24, 2.45) is 0 Å². The van der Waals surface area contributed by atoms with Gasteiger partial charge in [-0.05, 0) is 25.8 Å². The first-order valence-corrected chi connectivity index (χ1v) is 8.41. The number of ether oxygens (including phenoxy) is 1. The topological polar surface area (TPSA) is 58.6 Å². The van der Waals surface area contributed by atoms with Gasteiger partial charge in [0, 0.05) is 26.2 Å². The second kappa shape index (κ2) is 8.09. The van der Waals surface area contributed by atoms with E-state index < -0.39 is 10.0 Å². The largest absolute Gasteiger partial charge is 0.383 e. The Balaban J connectivity index is 2.57. The fraction of sp³-hybridized carbons (Fsp3) is 1.00. The lowest BCUT2D eigenvalue weighted by Gasteiger charge is -2.25.